The first-order chi connectivity index (χ1) is 9.28. The van der Waals surface area contributed by atoms with Crippen LogP contribution in [0.2, 0.25) is 0 Å². The first-order valence-corrected chi connectivity index (χ1v) is 6.85. The van der Waals surface area contributed by atoms with Crippen LogP contribution in [-0.4, -0.2) is 9.38 Å². The Morgan fingerprint density at radius 3 is 2.89 bits per heavy atom. The van der Waals surface area contributed by atoms with Crippen LogP contribution in [0.1, 0.15) is 5.69 Å². The molecule has 3 aromatic rings. The third-order valence-electron chi connectivity index (χ3n) is 2.73. The fourth-order valence-electron chi connectivity index (χ4n) is 1.87. The number of hydrogen-bond donors (Lipinski definition) is 0. The van der Waals surface area contributed by atoms with Crippen LogP contribution in [0.4, 0.5) is 4.39 Å². The van der Waals surface area contributed by atoms with Crippen molar-refractivity contribution < 1.29 is 9.13 Å². The number of benzene rings is 1. The minimum atomic E-state index is -0.332. The lowest BCUT2D eigenvalue weighted by Crippen LogP contribution is -1.92. The zero-order valence-corrected chi connectivity index (χ0v) is 11.5. The van der Waals surface area contributed by atoms with Crippen LogP contribution < -0.4 is 4.74 Å². The SMILES string of the molecule is Fc1cccc(Oc2nc3ccccn3c2CBr)c1. The number of alkyl halides is 1. The van der Waals surface area contributed by atoms with Gasteiger partial charge < -0.3 is 4.74 Å². The van der Waals surface area contributed by atoms with Crippen LogP contribution in [0.3, 0.4) is 0 Å². The number of pyridine rings is 1. The van der Waals surface area contributed by atoms with Gasteiger partial charge in [0.05, 0.1) is 5.69 Å². The van der Waals surface area contributed by atoms with Gasteiger partial charge in [-0.1, -0.05) is 28.1 Å². The lowest BCUT2D eigenvalue weighted by molar-refractivity contribution is 0.457. The molecule has 0 aliphatic rings. The molecule has 1 aromatic carbocycles. The molecule has 0 aliphatic heterocycles. The molecule has 0 N–H and O–H groups in total. The molecule has 0 bridgehead atoms. The molecule has 96 valence electrons. The van der Waals surface area contributed by atoms with Crippen LogP contribution >= 0.6 is 15.9 Å². The quantitative estimate of drug-likeness (QED) is 0.677. The number of rotatable bonds is 3. The van der Waals surface area contributed by atoms with Crippen molar-refractivity contribution in [2.75, 3.05) is 0 Å². The van der Waals surface area contributed by atoms with E-state index in [4.69, 9.17) is 4.74 Å². The first kappa shape index (κ1) is 12.2. The average molecular weight is 321 g/mol. The maximum Gasteiger partial charge on any atom is 0.242 e. The largest absolute Gasteiger partial charge is 0.437 e. The number of aromatic nitrogens is 2. The van der Waals surface area contributed by atoms with Crippen LogP contribution in [0, 0.1) is 5.82 Å². The normalized spacial score (nSPS) is 10.8. The molecule has 0 atom stereocenters. The number of ether oxygens (including phenoxy) is 1. The first-order valence-electron chi connectivity index (χ1n) is 5.73. The Hall–Kier alpha value is -1.88. The standard InChI is InChI=1S/C14H10BrFN2O/c15-9-12-14(17-13-6-1-2-7-18(12)13)19-11-5-3-4-10(16)8-11/h1-8H,9H2. The summed E-state index contributed by atoms with van der Waals surface area (Å²) in [6.45, 7) is 0. The van der Waals surface area contributed by atoms with Gasteiger partial charge in [0, 0.05) is 17.6 Å². The third-order valence-corrected chi connectivity index (χ3v) is 3.26. The van der Waals surface area contributed by atoms with Crippen molar-refractivity contribution in [3.05, 3.63) is 60.2 Å². The van der Waals surface area contributed by atoms with Crippen molar-refractivity contribution in [2.24, 2.45) is 0 Å². The second-order valence-electron chi connectivity index (χ2n) is 3.99. The van der Waals surface area contributed by atoms with Crippen LogP contribution in [0.25, 0.3) is 5.65 Å². The molecule has 0 saturated carbocycles. The number of nitrogens with zero attached hydrogens (tertiary/aromatic N) is 2. The van der Waals surface area contributed by atoms with E-state index in [0.29, 0.717) is 17.0 Å². The predicted octanol–water partition coefficient (Wildman–Crippen LogP) is 4.16. The Morgan fingerprint density at radius 2 is 2.11 bits per heavy atom. The summed E-state index contributed by atoms with van der Waals surface area (Å²) in [5.74, 6) is 0.584. The van der Waals surface area contributed by atoms with E-state index in [9.17, 15) is 4.39 Å². The zero-order chi connectivity index (χ0) is 13.2. The molecule has 0 unspecified atom stereocenters. The zero-order valence-electron chi connectivity index (χ0n) is 9.88. The van der Waals surface area contributed by atoms with Gasteiger partial charge in [0.2, 0.25) is 5.88 Å². The molecule has 0 spiro atoms. The molecule has 0 aliphatic carbocycles. The highest BCUT2D eigenvalue weighted by Crippen LogP contribution is 2.27. The highest BCUT2D eigenvalue weighted by atomic mass is 79.9. The second kappa shape index (κ2) is 5.01. The van der Waals surface area contributed by atoms with Crippen molar-refractivity contribution in [3.63, 3.8) is 0 Å². The molecular weight excluding hydrogens is 311 g/mol. The maximum atomic E-state index is 13.1. The van der Waals surface area contributed by atoms with Gasteiger partial charge >= 0.3 is 0 Å². The fourth-order valence-corrected chi connectivity index (χ4v) is 2.38. The Morgan fingerprint density at radius 1 is 1.21 bits per heavy atom. The van der Waals surface area contributed by atoms with Gasteiger partial charge in [-0.25, -0.2) is 4.39 Å². The molecule has 0 saturated heterocycles. The van der Waals surface area contributed by atoms with E-state index >= 15 is 0 Å². The Balaban J connectivity index is 2.05. The molecule has 0 fully saturated rings. The Bertz CT molecular complexity index is 726. The van der Waals surface area contributed by atoms with Crippen LogP contribution in [0.15, 0.2) is 48.7 Å². The van der Waals surface area contributed by atoms with Crippen molar-refractivity contribution >= 4 is 21.6 Å². The molecule has 2 heterocycles. The lowest BCUT2D eigenvalue weighted by atomic mass is 10.3. The predicted molar refractivity (Wildman–Crippen MR) is 74.3 cm³/mol. The molecule has 3 rings (SSSR count). The molecule has 19 heavy (non-hydrogen) atoms. The summed E-state index contributed by atoms with van der Waals surface area (Å²) in [6, 6.07) is 11.7. The molecule has 0 radical (unpaired) electrons. The summed E-state index contributed by atoms with van der Waals surface area (Å²) >= 11 is 3.42. The number of hydrogen-bond acceptors (Lipinski definition) is 2. The Labute approximate surface area is 117 Å². The van der Waals surface area contributed by atoms with Gasteiger partial charge in [-0.2, -0.15) is 4.98 Å². The summed E-state index contributed by atoms with van der Waals surface area (Å²) in [5.41, 5.74) is 1.68. The van der Waals surface area contributed by atoms with E-state index in [1.807, 2.05) is 28.8 Å². The summed E-state index contributed by atoms with van der Waals surface area (Å²) in [5, 5.41) is 0.600. The van der Waals surface area contributed by atoms with Gasteiger partial charge in [-0.05, 0) is 24.3 Å². The lowest BCUT2D eigenvalue weighted by Gasteiger charge is -2.04. The van der Waals surface area contributed by atoms with Gasteiger partial charge in [-0.3, -0.25) is 4.40 Å². The summed E-state index contributed by atoms with van der Waals surface area (Å²) in [6.07, 6.45) is 1.91. The monoisotopic (exact) mass is 320 g/mol. The minimum absolute atomic E-state index is 0.332. The molecule has 2 aromatic heterocycles. The molecule has 5 heteroatoms. The van der Waals surface area contributed by atoms with Gasteiger partial charge in [-0.15, -0.1) is 0 Å². The van der Waals surface area contributed by atoms with Crippen LogP contribution in [-0.2, 0) is 5.33 Å². The summed E-state index contributed by atoms with van der Waals surface area (Å²) in [4.78, 5) is 4.40. The van der Waals surface area contributed by atoms with Gasteiger partial charge in [0.25, 0.3) is 0 Å². The smallest absolute Gasteiger partial charge is 0.242 e. The average Bonchev–Trinajstić information content (AvgIpc) is 2.75. The van der Waals surface area contributed by atoms with E-state index < -0.39 is 0 Å². The molecule has 0 amide bonds. The van der Waals surface area contributed by atoms with E-state index in [0.717, 1.165) is 11.3 Å². The van der Waals surface area contributed by atoms with Crippen LogP contribution in [0.5, 0.6) is 11.6 Å². The van der Waals surface area contributed by atoms with Crippen molar-refractivity contribution in [1.82, 2.24) is 9.38 Å². The van der Waals surface area contributed by atoms with E-state index in [2.05, 4.69) is 20.9 Å². The topological polar surface area (TPSA) is 26.5 Å². The van der Waals surface area contributed by atoms with Crippen molar-refractivity contribution in [1.29, 1.82) is 0 Å². The van der Waals surface area contributed by atoms with Crippen molar-refractivity contribution in [2.45, 2.75) is 5.33 Å². The van der Waals surface area contributed by atoms with E-state index in [1.54, 1.807) is 12.1 Å². The number of fused-ring (bicyclic) bond motifs is 1. The van der Waals surface area contributed by atoms with Gasteiger partial charge in [0.15, 0.2) is 0 Å². The van der Waals surface area contributed by atoms with Gasteiger partial charge in [0.1, 0.15) is 17.2 Å². The minimum Gasteiger partial charge on any atom is -0.437 e. The second-order valence-corrected chi connectivity index (χ2v) is 4.55. The highest BCUT2D eigenvalue weighted by Gasteiger charge is 2.12. The fraction of sp³-hybridized carbons (Fsp3) is 0.0714. The van der Waals surface area contributed by atoms with E-state index in [-0.39, 0.29) is 5.82 Å². The highest BCUT2D eigenvalue weighted by molar-refractivity contribution is 9.08. The summed E-state index contributed by atoms with van der Waals surface area (Å²) < 4.78 is 20.7. The molecular formula is C14H10BrFN2O. The Kier molecular flexibility index (Phi) is 3.21. The number of imidazole rings is 1. The van der Waals surface area contributed by atoms with E-state index in [1.165, 1.54) is 12.1 Å². The summed E-state index contributed by atoms with van der Waals surface area (Å²) in [7, 11) is 0. The van der Waals surface area contributed by atoms with Crippen molar-refractivity contribution in [3.8, 4) is 11.6 Å². The number of halogens is 2. The molecule has 3 nitrogen and oxygen atoms in total. The third kappa shape index (κ3) is 2.33. The maximum absolute atomic E-state index is 13.1.